The molecule has 0 unspecified atom stereocenters. The van der Waals surface area contributed by atoms with Gasteiger partial charge in [-0.25, -0.2) is 12.8 Å². The molecule has 8 nitrogen and oxygen atoms in total. The van der Waals surface area contributed by atoms with Gasteiger partial charge in [-0.05, 0) is 73.7 Å². The highest BCUT2D eigenvalue weighted by molar-refractivity contribution is 9.10. The highest BCUT2D eigenvalue weighted by Gasteiger charge is 2.42. The van der Waals surface area contributed by atoms with Crippen LogP contribution in [0.15, 0.2) is 51.8 Å². The predicted molar refractivity (Wildman–Crippen MR) is 108 cm³/mol. The maximum absolute atomic E-state index is 14.2. The highest BCUT2D eigenvalue weighted by Crippen LogP contribution is 2.28. The number of nitrogens with zero attached hydrogens (tertiary/aromatic N) is 4. The van der Waals surface area contributed by atoms with Gasteiger partial charge in [0.2, 0.25) is 5.91 Å². The molecule has 29 heavy (non-hydrogen) atoms. The van der Waals surface area contributed by atoms with Gasteiger partial charge < -0.3 is 5.32 Å². The molecule has 0 saturated carbocycles. The third kappa shape index (κ3) is 3.92. The van der Waals surface area contributed by atoms with Crippen LogP contribution in [0, 0.1) is 12.7 Å². The first-order chi connectivity index (χ1) is 13.5. The van der Waals surface area contributed by atoms with Crippen molar-refractivity contribution in [1.29, 1.82) is 0 Å². The van der Waals surface area contributed by atoms with Crippen molar-refractivity contribution in [2.24, 2.45) is 0 Å². The van der Waals surface area contributed by atoms with Crippen LogP contribution >= 0.6 is 15.9 Å². The minimum absolute atomic E-state index is 0.0185. The van der Waals surface area contributed by atoms with Crippen molar-refractivity contribution in [1.82, 2.24) is 20.2 Å². The molecular formula is C18H17BrFN5O3S. The first-order valence-corrected chi connectivity index (χ1v) is 10.7. The SMILES string of the molecule is Cc1nnnn1-c1cc(NC(=O)C(C)(C)S(=O)(=O)c2ccc(Br)cc2)ccc1F. The predicted octanol–water partition coefficient (Wildman–Crippen LogP) is 3.06. The maximum Gasteiger partial charge on any atom is 0.245 e. The summed E-state index contributed by atoms with van der Waals surface area (Å²) in [5, 5.41) is 13.4. The number of hydrogen-bond acceptors (Lipinski definition) is 6. The van der Waals surface area contributed by atoms with E-state index in [4.69, 9.17) is 0 Å². The number of aromatic nitrogens is 4. The number of halogens is 2. The Morgan fingerprint density at radius 1 is 1.17 bits per heavy atom. The van der Waals surface area contributed by atoms with Crippen LogP contribution in [-0.4, -0.2) is 39.3 Å². The third-order valence-electron chi connectivity index (χ3n) is 4.40. The molecule has 152 valence electrons. The molecule has 1 heterocycles. The van der Waals surface area contributed by atoms with Crippen molar-refractivity contribution >= 4 is 37.4 Å². The van der Waals surface area contributed by atoms with E-state index in [-0.39, 0.29) is 16.3 Å². The van der Waals surface area contributed by atoms with Crippen molar-refractivity contribution < 1.29 is 17.6 Å². The minimum Gasteiger partial charge on any atom is -0.325 e. The largest absolute Gasteiger partial charge is 0.325 e. The molecule has 1 N–H and O–H groups in total. The lowest BCUT2D eigenvalue weighted by atomic mass is 10.2. The van der Waals surface area contributed by atoms with Crippen molar-refractivity contribution in [2.75, 3.05) is 5.32 Å². The Bertz CT molecular complexity index is 1180. The normalized spacial score (nSPS) is 12.0. The van der Waals surface area contributed by atoms with E-state index in [9.17, 15) is 17.6 Å². The van der Waals surface area contributed by atoms with Gasteiger partial charge in [0.1, 0.15) is 16.3 Å². The summed E-state index contributed by atoms with van der Waals surface area (Å²) in [5.41, 5.74) is 0.235. The Kier molecular flexibility index (Phi) is 5.54. The smallest absolute Gasteiger partial charge is 0.245 e. The van der Waals surface area contributed by atoms with E-state index in [1.807, 2.05) is 0 Å². The van der Waals surface area contributed by atoms with Gasteiger partial charge in [0, 0.05) is 10.2 Å². The van der Waals surface area contributed by atoms with Crippen LogP contribution in [0.2, 0.25) is 0 Å². The second-order valence-electron chi connectivity index (χ2n) is 6.73. The zero-order valence-corrected chi connectivity index (χ0v) is 18.1. The van der Waals surface area contributed by atoms with Crippen molar-refractivity contribution in [3.8, 4) is 5.69 Å². The number of sulfone groups is 1. The molecule has 1 amide bonds. The number of rotatable bonds is 5. The summed E-state index contributed by atoms with van der Waals surface area (Å²) < 4.78 is 40.3. The van der Waals surface area contributed by atoms with Crippen molar-refractivity contribution in [2.45, 2.75) is 30.4 Å². The lowest BCUT2D eigenvalue weighted by Crippen LogP contribution is -2.44. The number of amides is 1. The Labute approximate surface area is 175 Å². The van der Waals surface area contributed by atoms with Crippen LogP contribution < -0.4 is 5.32 Å². The summed E-state index contributed by atoms with van der Waals surface area (Å²) in [7, 11) is -3.99. The van der Waals surface area contributed by atoms with Gasteiger partial charge in [-0.3, -0.25) is 4.79 Å². The van der Waals surface area contributed by atoms with Gasteiger partial charge in [0.05, 0.1) is 4.90 Å². The zero-order valence-electron chi connectivity index (χ0n) is 15.7. The fourth-order valence-electron chi connectivity index (χ4n) is 2.52. The van der Waals surface area contributed by atoms with Crippen LogP contribution in [0.1, 0.15) is 19.7 Å². The first kappa shape index (κ1) is 21.1. The Balaban J connectivity index is 1.91. The molecular weight excluding hydrogens is 465 g/mol. The minimum atomic E-state index is -3.99. The number of tetrazole rings is 1. The summed E-state index contributed by atoms with van der Waals surface area (Å²) in [6.07, 6.45) is 0. The Morgan fingerprint density at radius 2 is 1.83 bits per heavy atom. The average molecular weight is 482 g/mol. The van der Waals surface area contributed by atoms with E-state index >= 15 is 0 Å². The summed E-state index contributed by atoms with van der Waals surface area (Å²) in [5.74, 6) is -1.00. The van der Waals surface area contributed by atoms with Gasteiger partial charge in [0.25, 0.3) is 0 Å². The van der Waals surface area contributed by atoms with E-state index < -0.39 is 26.3 Å². The molecule has 0 aliphatic carbocycles. The zero-order chi connectivity index (χ0) is 21.4. The molecule has 3 rings (SSSR count). The number of carbonyl (C=O) groups excluding carboxylic acids is 1. The van der Waals surface area contributed by atoms with Gasteiger partial charge in [-0.2, -0.15) is 4.68 Å². The number of anilines is 1. The van der Waals surface area contributed by atoms with Gasteiger partial charge in [-0.1, -0.05) is 15.9 Å². The molecule has 0 aliphatic heterocycles. The summed E-state index contributed by atoms with van der Waals surface area (Å²) in [6.45, 7) is 4.23. The van der Waals surface area contributed by atoms with Crippen LogP contribution in [0.3, 0.4) is 0 Å². The molecule has 3 aromatic rings. The summed E-state index contributed by atoms with van der Waals surface area (Å²) in [4.78, 5) is 12.8. The lowest BCUT2D eigenvalue weighted by Gasteiger charge is -2.24. The number of aryl methyl sites for hydroxylation is 1. The molecule has 2 aromatic carbocycles. The number of carbonyl (C=O) groups is 1. The third-order valence-corrected chi connectivity index (χ3v) is 7.35. The fourth-order valence-corrected chi connectivity index (χ4v) is 4.16. The standard InChI is InChI=1S/C18H17BrFN5O3S/c1-11-22-23-24-25(11)16-10-13(6-9-15(16)20)21-17(26)18(2,3)29(27,28)14-7-4-12(19)5-8-14/h4-10H,1-3H3,(H,21,26). The monoisotopic (exact) mass is 481 g/mol. The molecule has 0 saturated heterocycles. The average Bonchev–Trinajstić information content (AvgIpc) is 3.09. The van der Waals surface area contributed by atoms with Crippen molar-refractivity contribution in [3.63, 3.8) is 0 Å². The quantitative estimate of drug-likeness (QED) is 0.599. The van der Waals surface area contributed by atoms with E-state index in [0.717, 1.165) is 10.5 Å². The maximum atomic E-state index is 14.2. The molecule has 0 fully saturated rings. The van der Waals surface area contributed by atoms with E-state index in [1.54, 1.807) is 19.1 Å². The summed E-state index contributed by atoms with van der Waals surface area (Å²) in [6, 6.07) is 9.82. The molecule has 0 spiro atoms. The number of hydrogen-bond donors (Lipinski definition) is 1. The van der Waals surface area contributed by atoms with E-state index in [0.29, 0.717) is 5.82 Å². The van der Waals surface area contributed by atoms with Gasteiger partial charge >= 0.3 is 0 Å². The Hall–Kier alpha value is -2.66. The van der Waals surface area contributed by atoms with Crippen LogP contribution in [0.5, 0.6) is 0 Å². The first-order valence-electron chi connectivity index (χ1n) is 8.40. The van der Waals surface area contributed by atoms with E-state index in [2.05, 4.69) is 36.8 Å². The molecule has 1 aromatic heterocycles. The topological polar surface area (TPSA) is 107 Å². The number of nitrogens with one attached hydrogen (secondary N) is 1. The molecule has 0 atom stereocenters. The fraction of sp³-hybridized carbons (Fsp3) is 0.222. The van der Waals surface area contributed by atoms with E-state index in [1.165, 1.54) is 42.8 Å². The molecule has 0 radical (unpaired) electrons. The van der Waals surface area contributed by atoms with Crippen LogP contribution in [-0.2, 0) is 14.6 Å². The molecule has 0 aliphatic rings. The van der Waals surface area contributed by atoms with Crippen LogP contribution in [0.4, 0.5) is 10.1 Å². The highest BCUT2D eigenvalue weighted by atomic mass is 79.9. The molecule has 0 bridgehead atoms. The van der Waals surface area contributed by atoms with Crippen molar-refractivity contribution in [3.05, 3.63) is 58.6 Å². The van der Waals surface area contributed by atoms with Gasteiger partial charge in [-0.15, -0.1) is 5.10 Å². The van der Waals surface area contributed by atoms with Gasteiger partial charge in [0.15, 0.2) is 15.7 Å². The lowest BCUT2D eigenvalue weighted by molar-refractivity contribution is -0.117. The summed E-state index contributed by atoms with van der Waals surface area (Å²) >= 11 is 3.25. The van der Waals surface area contributed by atoms with Crippen LogP contribution in [0.25, 0.3) is 5.69 Å². The second-order valence-corrected chi connectivity index (χ2v) is 10.1. The molecule has 11 heteroatoms. The Morgan fingerprint density at radius 3 is 2.41 bits per heavy atom. The number of benzene rings is 2. The second kappa shape index (κ2) is 7.64.